The minimum atomic E-state index is 0. The summed E-state index contributed by atoms with van der Waals surface area (Å²) in [5.74, 6) is 0.377. The first-order chi connectivity index (χ1) is 9.28. The number of halogens is 1. The number of nitrogens with one attached hydrogen (secondary N) is 2. The van der Waals surface area contributed by atoms with E-state index in [-0.39, 0.29) is 12.4 Å². The maximum atomic E-state index is 5.86. The lowest BCUT2D eigenvalue weighted by Crippen LogP contribution is -2.21. The van der Waals surface area contributed by atoms with Crippen molar-refractivity contribution in [2.24, 2.45) is 10.7 Å². The monoisotopic (exact) mass is 290 g/mol. The maximum absolute atomic E-state index is 5.86. The molecule has 106 valence electrons. The molecule has 0 saturated heterocycles. The minimum absolute atomic E-state index is 0. The first kappa shape index (κ1) is 15.9. The van der Waals surface area contributed by atoms with Gasteiger partial charge in [-0.3, -0.25) is 0 Å². The van der Waals surface area contributed by atoms with Gasteiger partial charge in [-0.2, -0.15) is 0 Å². The molecule has 4 N–H and O–H groups in total. The molecule has 0 fully saturated rings. The lowest BCUT2D eigenvalue weighted by atomic mass is 10.3. The molecule has 0 heterocycles. The summed E-state index contributed by atoms with van der Waals surface area (Å²) in [4.78, 5) is 4.31. The number of guanidine groups is 1. The van der Waals surface area contributed by atoms with Crippen molar-refractivity contribution in [2.45, 2.75) is 6.92 Å². The van der Waals surface area contributed by atoms with Gasteiger partial charge in [0, 0.05) is 17.9 Å². The number of hydrogen-bond acceptors (Lipinski definition) is 2. The number of nitrogens with zero attached hydrogens (tertiary/aromatic N) is 1. The van der Waals surface area contributed by atoms with E-state index in [0.717, 1.165) is 23.6 Å². The molecule has 0 aliphatic rings. The molecule has 2 aromatic carbocycles. The molecule has 0 aliphatic heterocycles. The van der Waals surface area contributed by atoms with Gasteiger partial charge in [-0.15, -0.1) is 12.4 Å². The number of nitrogens with two attached hydrogens (primary N) is 1. The summed E-state index contributed by atoms with van der Waals surface area (Å²) < 4.78 is 0. The topological polar surface area (TPSA) is 62.4 Å². The molecule has 2 aromatic rings. The van der Waals surface area contributed by atoms with Crippen molar-refractivity contribution in [1.82, 2.24) is 0 Å². The SMILES string of the molecule is CCNc1ccc(N=C(N)Nc2ccccc2)cc1.Cl. The average molecular weight is 291 g/mol. The number of aliphatic imine (C=N–C) groups is 1. The second-order valence-electron chi connectivity index (χ2n) is 4.07. The van der Waals surface area contributed by atoms with Gasteiger partial charge in [0.1, 0.15) is 0 Å². The molecular formula is C15H19ClN4. The van der Waals surface area contributed by atoms with Crippen LogP contribution in [0.5, 0.6) is 0 Å². The summed E-state index contributed by atoms with van der Waals surface area (Å²) in [6, 6.07) is 17.6. The van der Waals surface area contributed by atoms with Crippen LogP contribution >= 0.6 is 12.4 Å². The molecule has 0 saturated carbocycles. The zero-order valence-electron chi connectivity index (χ0n) is 11.3. The molecule has 0 aliphatic carbocycles. The Bertz CT molecular complexity index is 538. The van der Waals surface area contributed by atoms with Crippen molar-refractivity contribution in [1.29, 1.82) is 0 Å². The fourth-order valence-corrected chi connectivity index (χ4v) is 1.69. The normalized spacial score (nSPS) is 10.6. The molecule has 4 nitrogen and oxygen atoms in total. The Morgan fingerprint density at radius 3 is 2.25 bits per heavy atom. The number of hydrogen-bond donors (Lipinski definition) is 3. The van der Waals surface area contributed by atoms with Gasteiger partial charge in [0.2, 0.25) is 0 Å². The Hall–Kier alpha value is -2.20. The van der Waals surface area contributed by atoms with E-state index in [1.807, 2.05) is 54.6 Å². The van der Waals surface area contributed by atoms with Crippen molar-refractivity contribution >= 4 is 35.4 Å². The van der Waals surface area contributed by atoms with Gasteiger partial charge in [-0.1, -0.05) is 18.2 Å². The van der Waals surface area contributed by atoms with E-state index >= 15 is 0 Å². The third kappa shape index (κ3) is 4.82. The van der Waals surface area contributed by atoms with Crippen LogP contribution < -0.4 is 16.4 Å². The summed E-state index contributed by atoms with van der Waals surface area (Å²) >= 11 is 0. The highest BCUT2D eigenvalue weighted by Gasteiger charge is 1.96. The highest BCUT2D eigenvalue weighted by Crippen LogP contribution is 2.16. The second-order valence-corrected chi connectivity index (χ2v) is 4.07. The highest BCUT2D eigenvalue weighted by atomic mass is 35.5. The number of rotatable bonds is 4. The first-order valence-electron chi connectivity index (χ1n) is 6.28. The largest absolute Gasteiger partial charge is 0.385 e. The standard InChI is InChI=1S/C15H18N4.ClH/c1-2-17-12-8-10-14(11-9-12)19-15(16)18-13-6-4-3-5-7-13;/h3-11,17H,2H2,1H3,(H3,16,18,19);1H. The molecule has 20 heavy (non-hydrogen) atoms. The van der Waals surface area contributed by atoms with E-state index in [0.29, 0.717) is 5.96 Å². The van der Waals surface area contributed by atoms with Crippen molar-refractivity contribution < 1.29 is 0 Å². The fourth-order valence-electron chi connectivity index (χ4n) is 1.69. The molecule has 0 amide bonds. The lowest BCUT2D eigenvalue weighted by Gasteiger charge is -2.06. The first-order valence-corrected chi connectivity index (χ1v) is 6.28. The van der Waals surface area contributed by atoms with Crippen LogP contribution in [0.15, 0.2) is 59.6 Å². The third-order valence-corrected chi connectivity index (χ3v) is 2.54. The lowest BCUT2D eigenvalue weighted by molar-refractivity contribution is 1.21. The second kappa shape index (κ2) is 8.07. The minimum Gasteiger partial charge on any atom is -0.385 e. The molecule has 0 bridgehead atoms. The zero-order valence-corrected chi connectivity index (χ0v) is 12.2. The van der Waals surface area contributed by atoms with Crippen LogP contribution in [0.25, 0.3) is 0 Å². The summed E-state index contributed by atoms with van der Waals surface area (Å²) in [5, 5.41) is 6.27. The molecule has 5 heteroatoms. The molecule has 0 aromatic heterocycles. The van der Waals surface area contributed by atoms with Gasteiger partial charge < -0.3 is 16.4 Å². The molecule has 2 rings (SSSR count). The Kier molecular flexibility index (Phi) is 6.40. The van der Waals surface area contributed by atoms with Gasteiger partial charge in [-0.05, 0) is 43.3 Å². The van der Waals surface area contributed by atoms with Crippen molar-refractivity contribution in [2.75, 3.05) is 17.2 Å². The van der Waals surface area contributed by atoms with Crippen molar-refractivity contribution in [3.05, 3.63) is 54.6 Å². The van der Waals surface area contributed by atoms with Crippen molar-refractivity contribution in [3.63, 3.8) is 0 Å². The molecule has 0 spiro atoms. The fraction of sp³-hybridized carbons (Fsp3) is 0.133. The number of benzene rings is 2. The average Bonchev–Trinajstić information content (AvgIpc) is 2.42. The van der Waals surface area contributed by atoms with Gasteiger partial charge in [0.25, 0.3) is 0 Å². The van der Waals surface area contributed by atoms with E-state index < -0.39 is 0 Å². The Morgan fingerprint density at radius 2 is 1.65 bits per heavy atom. The number of para-hydroxylation sites is 1. The summed E-state index contributed by atoms with van der Waals surface area (Å²) in [6.07, 6.45) is 0. The van der Waals surface area contributed by atoms with Crippen LogP contribution in [0.4, 0.5) is 17.1 Å². The molecule has 0 radical (unpaired) electrons. The predicted molar refractivity (Wildman–Crippen MR) is 89.2 cm³/mol. The third-order valence-electron chi connectivity index (χ3n) is 2.54. The highest BCUT2D eigenvalue weighted by molar-refractivity contribution is 5.93. The van der Waals surface area contributed by atoms with Gasteiger partial charge in [0.05, 0.1) is 5.69 Å². The molecule has 0 unspecified atom stereocenters. The Morgan fingerprint density at radius 1 is 1.00 bits per heavy atom. The van der Waals surface area contributed by atoms with Crippen LogP contribution in [0.3, 0.4) is 0 Å². The molecule has 0 atom stereocenters. The van der Waals surface area contributed by atoms with Crippen LogP contribution in [0.2, 0.25) is 0 Å². The van der Waals surface area contributed by atoms with Crippen LogP contribution in [-0.4, -0.2) is 12.5 Å². The summed E-state index contributed by atoms with van der Waals surface area (Å²) in [7, 11) is 0. The maximum Gasteiger partial charge on any atom is 0.198 e. The quantitative estimate of drug-likeness (QED) is 0.595. The number of anilines is 2. The smallest absolute Gasteiger partial charge is 0.198 e. The van der Waals surface area contributed by atoms with E-state index in [9.17, 15) is 0 Å². The van der Waals surface area contributed by atoms with E-state index in [1.54, 1.807) is 0 Å². The van der Waals surface area contributed by atoms with Crippen LogP contribution in [-0.2, 0) is 0 Å². The van der Waals surface area contributed by atoms with Crippen molar-refractivity contribution in [3.8, 4) is 0 Å². The van der Waals surface area contributed by atoms with E-state index in [2.05, 4.69) is 22.5 Å². The zero-order chi connectivity index (χ0) is 13.5. The Balaban J connectivity index is 0.00000200. The predicted octanol–water partition coefficient (Wildman–Crippen LogP) is 3.60. The van der Waals surface area contributed by atoms with Crippen LogP contribution in [0.1, 0.15) is 6.92 Å². The molecular weight excluding hydrogens is 272 g/mol. The summed E-state index contributed by atoms with van der Waals surface area (Å²) in [5.41, 5.74) is 8.68. The van der Waals surface area contributed by atoms with Gasteiger partial charge >= 0.3 is 0 Å². The van der Waals surface area contributed by atoms with E-state index in [1.165, 1.54) is 0 Å². The van der Waals surface area contributed by atoms with Crippen LogP contribution in [0, 0.1) is 0 Å². The summed E-state index contributed by atoms with van der Waals surface area (Å²) in [6.45, 7) is 2.97. The Labute approximate surface area is 125 Å². The van der Waals surface area contributed by atoms with E-state index in [4.69, 9.17) is 5.73 Å². The van der Waals surface area contributed by atoms with Gasteiger partial charge in [-0.25, -0.2) is 4.99 Å². The van der Waals surface area contributed by atoms with Gasteiger partial charge in [0.15, 0.2) is 5.96 Å².